The maximum absolute atomic E-state index is 8.56. The SMILES string of the molecule is O=[S-](=O)O.[Ni]. The van der Waals surface area contributed by atoms with E-state index in [2.05, 4.69) is 0 Å². The first kappa shape index (κ1) is 9.05. The molecule has 0 aliphatic carbocycles. The van der Waals surface area contributed by atoms with E-state index in [0.29, 0.717) is 0 Å². The van der Waals surface area contributed by atoms with Crippen LogP contribution in [0, 0.1) is 0 Å². The van der Waals surface area contributed by atoms with E-state index in [0.717, 1.165) is 0 Å². The van der Waals surface area contributed by atoms with Gasteiger partial charge in [0.15, 0.2) is 0 Å². The summed E-state index contributed by atoms with van der Waals surface area (Å²) < 4.78 is 24.1. The molecule has 0 fully saturated rings. The number of rotatable bonds is 0. The minimum absolute atomic E-state index is 0. The van der Waals surface area contributed by atoms with Crippen molar-refractivity contribution in [2.75, 3.05) is 0 Å². The number of hydrogen-bond donors (Lipinski definition) is 1. The maximum Gasteiger partial charge on any atom is 0.0495 e. The molecule has 0 saturated heterocycles. The molecule has 0 atom stereocenters. The van der Waals surface area contributed by atoms with Crippen LogP contribution in [0.2, 0.25) is 0 Å². The second kappa shape index (κ2) is 4.40. The normalized spacial score (nSPS) is 6.80. The van der Waals surface area contributed by atoms with Crippen molar-refractivity contribution in [1.82, 2.24) is 0 Å². The topological polar surface area (TPSA) is 54.4 Å². The summed E-state index contributed by atoms with van der Waals surface area (Å²) in [5.74, 6) is 0. The predicted octanol–water partition coefficient (Wildman–Crippen LogP) is -0.234. The first-order chi connectivity index (χ1) is 1.73. The second-order valence-electron chi connectivity index (χ2n) is 0.217. The third kappa shape index (κ3) is 156. The molecule has 0 spiro atoms. The van der Waals surface area contributed by atoms with Crippen LogP contribution in [0.15, 0.2) is 0 Å². The van der Waals surface area contributed by atoms with E-state index >= 15 is 0 Å². The molecule has 0 saturated carbocycles. The molecule has 0 radical (unpaired) electrons. The van der Waals surface area contributed by atoms with Gasteiger partial charge in [0.05, 0.1) is 0 Å². The van der Waals surface area contributed by atoms with E-state index in [1.807, 2.05) is 0 Å². The molecule has 3 nitrogen and oxygen atoms in total. The summed E-state index contributed by atoms with van der Waals surface area (Å²) in [6.07, 6.45) is 0. The van der Waals surface area contributed by atoms with Crippen molar-refractivity contribution in [2.45, 2.75) is 0 Å². The fourth-order valence-corrected chi connectivity index (χ4v) is 0. The molecule has 0 aliphatic rings. The molecular weight excluding hydrogens is 139 g/mol. The van der Waals surface area contributed by atoms with E-state index in [4.69, 9.17) is 13.0 Å². The van der Waals surface area contributed by atoms with Crippen molar-refractivity contribution in [3.63, 3.8) is 0 Å². The van der Waals surface area contributed by atoms with E-state index in [9.17, 15) is 0 Å². The van der Waals surface area contributed by atoms with Gasteiger partial charge in [-0.25, -0.2) is 0 Å². The van der Waals surface area contributed by atoms with Gasteiger partial charge in [-0.2, -0.15) is 0 Å². The molecule has 0 aromatic carbocycles. The Labute approximate surface area is 41.1 Å². The van der Waals surface area contributed by atoms with Gasteiger partial charge < -0.3 is 13.0 Å². The van der Waals surface area contributed by atoms with Crippen LogP contribution >= 0.6 is 0 Å². The van der Waals surface area contributed by atoms with E-state index in [1.165, 1.54) is 0 Å². The third-order valence-corrected chi connectivity index (χ3v) is 0. The zero-order valence-corrected chi connectivity index (χ0v) is 3.79. The zero-order valence-electron chi connectivity index (χ0n) is 1.99. The Kier molecular flexibility index (Phi) is 7.97. The Bertz CT molecular complexity index is 55.3. The van der Waals surface area contributed by atoms with Gasteiger partial charge in [0.2, 0.25) is 0 Å². The van der Waals surface area contributed by atoms with Crippen LogP contribution in [-0.4, -0.2) is 4.55 Å². The standard InChI is InChI=1S/Ni.HO3S/c;1-4(2)3/h;(H,1,2,3)/q;-1. The van der Waals surface area contributed by atoms with E-state index < -0.39 is 11.0 Å². The van der Waals surface area contributed by atoms with Gasteiger partial charge in [0.25, 0.3) is 0 Å². The maximum atomic E-state index is 8.56. The summed E-state index contributed by atoms with van der Waals surface area (Å²) in [6.45, 7) is 0. The van der Waals surface area contributed by atoms with Gasteiger partial charge in [-0.1, -0.05) is 0 Å². The molecule has 5 heavy (non-hydrogen) atoms. The van der Waals surface area contributed by atoms with Crippen molar-refractivity contribution in [2.24, 2.45) is 0 Å². The Balaban J connectivity index is 0. The Morgan fingerprint density at radius 2 is 1.40 bits per heavy atom. The summed E-state index contributed by atoms with van der Waals surface area (Å²) in [7, 11) is -2.86. The van der Waals surface area contributed by atoms with Crippen molar-refractivity contribution < 1.29 is 29.5 Å². The Hall–Kier alpha value is 0.404. The average Bonchev–Trinajstić information content (AvgIpc) is 0.811. The molecule has 0 aliphatic heterocycles. The quantitative estimate of drug-likeness (QED) is 0.218. The third-order valence-electron chi connectivity index (χ3n) is 0. The van der Waals surface area contributed by atoms with Crippen LogP contribution in [0.25, 0.3) is 0 Å². The monoisotopic (exact) mass is 139 g/mol. The molecular formula is HNiO3S-. The summed E-state index contributed by atoms with van der Waals surface area (Å²) >= 11 is 0. The van der Waals surface area contributed by atoms with Crippen molar-refractivity contribution in [1.29, 1.82) is 0 Å². The van der Waals surface area contributed by atoms with E-state index in [1.54, 1.807) is 0 Å². The molecule has 5 heteroatoms. The van der Waals surface area contributed by atoms with Gasteiger partial charge in [-0.3, -0.25) is 0 Å². The molecule has 0 unspecified atom stereocenters. The molecule has 0 aromatic rings. The Morgan fingerprint density at radius 1 is 1.40 bits per heavy atom. The zero-order chi connectivity index (χ0) is 3.58. The molecule has 0 heterocycles. The van der Waals surface area contributed by atoms with Gasteiger partial charge >= 0.3 is 0 Å². The Morgan fingerprint density at radius 3 is 1.40 bits per heavy atom. The summed E-state index contributed by atoms with van der Waals surface area (Å²) in [4.78, 5) is 0. The molecule has 0 aromatic heterocycles. The minimum Gasteiger partial charge on any atom is -0.439 e. The van der Waals surface area contributed by atoms with Crippen LogP contribution in [0.4, 0.5) is 0 Å². The van der Waals surface area contributed by atoms with Gasteiger partial charge in [0, 0.05) is 27.5 Å². The molecule has 0 amide bonds. The molecule has 0 bridgehead atoms. The fraction of sp³-hybridized carbons (Fsp3) is 0. The molecule has 1 N–H and O–H groups in total. The first-order valence-electron chi connectivity index (χ1n) is 0.516. The van der Waals surface area contributed by atoms with Gasteiger partial charge in [0.1, 0.15) is 0 Å². The largest absolute Gasteiger partial charge is 0.439 e. The van der Waals surface area contributed by atoms with E-state index in [-0.39, 0.29) is 16.5 Å². The van der Waals surface area contributed by atoms with Crippen molar-refractivity contribution >= 4 is 11.0 Å². The van der Waals surface area contributed by atoms with Crippen LogP contribution in [0.1, 0.15) is 0 Å². The predicted molar refractivity (Wildman–Crippen MR) is 11.4 cm³/mol. The summed E-state index contributed by atoms with van der Waals surface area (Å²) in [6, 6.07) is 0. The molecule has 36 valence electrons. The summed E-state index contributed by atoms with van der Waals surface area (Å²) in [5, 5.41) is 0. The van der Waals surface area contributed by atoms with Crippen LogP contribution in [0.3, 0.4) is 0 Å². The van der Waals surface area contributed by atoms with Crippen molar-refractivity contribution in [3.05, 3.63) is 0 Å². The second-order valence-corrected chi connectivity index (χ2v) is 0.651. The average molecular weight is 140 g/mol. The first-order valence-corrected chi connectivity index (χ1v) is 1.55. The van der Waals surface area contributed by atoms with Crippen LogP contribution in [-0.2, 0) is 35.9 Å². The minimum atomic E-state index is -2.86. The summed E-state index contributed by atoms with van der Waals surface area (Å²) in [5.41, 5.74) is 0. The molecule has 0 rings (SSSR count). The number of hydrogen-bond acceptors (Lipinski definition) is 3. The fourth-order valence-electron chi connectivity index (χ4n) is 0. The van der Waals surface area contributed by atoms with Crippen LogP contribution < -0.4 is 0 Å². The smallest absolute Gasteiger partial charge is 0.0495 e. The van der Waals surface area contributed by atoms with Gasteiger partial charge in [-0.05, 0) is 0 Å². The van der Waals surface area contributed by atoms with Gasteiger partial charge in [-0.15, -0.1) is 0 Å². The van der Waals surface area contributed by atoms with Crippen LogP contribution in [0.5, 0.6) is 0 Å². The van der Waals surface area contributed by atoms with Crippen molar-refractivity contribution in [3.8, 4) is 0 Å².